The summed E-state index contributed by atoms with van der Waals surface area (Å²) in [4.78, 5) is 0. The highest BCUT2D eigenvalue weighted by molar-refractivity contribution is 6.25. The third kappa shape index (κ3) is 14.3. The van der Waals surface area contributed by atoms with Crippen LogP contribution in [0.25, 0.3) is 225 Å². The smallest absolute Gasteiger partial charge is 0.0541 e. The molecule has 0 aliphatic rings. The van der Waals surface area contributed by atoms with Gasteiger partial charge < -0.3 is 13.7 Å². The molecule has 3 heteroatoms. The third-order valence-corrected chi connectivity index (χ3v) is 28.1. The Labute approximate surface area is 783 Å². The number of rotatable bonds is 9. The molecule has 0 aliphatic heterocycles. The van der Waals surface area contributed by atoms with Crippen molar-refractivity contribution in [3.8, 4) is 83.8 Å². The molecule has 0 saturated heterocycles. The number of hydrogen-bond donors (Lipinski definition) is 0. The maximum atomic E-state index is 2.45. The molecule has 0 bridgehead atoms. The van der Waals surface area contributed by atoms with Gasteiger partial charge in [-0.25, -0.2) is 0 Å². The molecule has 22 aromatic carbocycles. The van der Waals surface area contributed by atoms with Gasteiger partial charge in [0.1, 0.15) is 0 Å². The van der Waals surface area contributed by atoms with E-state index in [1.54, 1.807) is 0 Å². The van der Waals surface area contributed by atoms with Crippen molar-refractivity contribution in [2.45, 2.75) is 85.5 Å². The zero-order chi connectivity index (χ0) is 90.8. The standard InChI is InChI=1S/C46H35N.C43H35N.C42H33N/c1-46(2,3)34-24-27-40-41(29-34)44(38-16-6-7-17-39(38)45(40)33-21-20-30-12-4-5-13-32(30)28-33)31-22-25-35(26-23-31)47-42-18-10-8-14-36(42)37-15-9-11-19-43(37)47;1-28-17-19-29(20-18-28)42-36-14-6-5-13-35(36)41(37-26-23-31(27-38(37)42)43(2,3)4)30-21-24-32(25-22-30)44-39-15-9-7-11-33(39)34-12-8-10-16-40(34)44;1-42(2,3)30-23-26-36-37(27-30)41(28-13-5-4-6-14-28)35-18-8-7-17-34(35)40(36)29-21-24-31(25-22-29)43-38-19-11-9-15-32(38)33-16-10-12-20-39(33)43/h4-29H,1-3H3;5-27H,1-4H3;4-27H,1-3H3. The Bertz CT molecular complexity index is 8780. The van der Waals surface area contributed by atoms with Crippen molar-refractivity contribution in [1.82, 2.24) is 13.7 Å². The molecule has 25 aromatic rings. The molecule has 0 aliphatic carbocycles. The zero-order valence-electron chi connectivity index (χ0n) is 77.5. The quantitative estimate of drug-likeness (QED) is 0.128. The Kier molecular flexibility index (Phi) is 20.2. The van der Waals surface area contributed by atoms with E-state index in [0.717, 1.165) is 0 Å². The molecule has 3 nitrogen and oxygen atoms in total. The van der Waals surface area contributed by atoms with Gasteiger partial charge in [0.25, 0.3) is 0 Å². The van der Waals surface area contributed by atoms with Crippen molar-refractivity contribution in [2.24, 2.45) is 0 Å². The van der Waals surface area contributed by atoms with Gasteiger partial charge >= 0.3 is 0 Å². The lowest BCUT2D eigenvalue weighted by atomic mass is 9.81. The number of aryl methyl sites for hydroxylation is 1. The summed E-state index contributed by atoms with van der Waals surface area (Å²) in [5.74, 6) is 0. The van der Waals surface area contributed by atoms with Gasteiger partial charge in [-0.3, -0.25) is 0 Å². The molecule has 0 saturated carbocycles. The summed E-state index contributed by atoms with van der Waals surface area (Å²) in [5.41, 5.74) is 31.6. The van der Waals surface area contributed by atoms with Crippen molar-refractivity contribution in [3.05, 3.63) is 465 Å². The predicted molar refractivity (Wildman–Crippen MR) is 578 cm³/mol. The highest BCUT2D eigenvalue weighted by atomic mass is 15.0. The van der Waals surface area contributed by atoms with Crippen LogP contribution in [-0.4, -0.2) is 13.7 Å². The minimum Gasteiger partial charge on any atom is -0.309 e. The summed E-state index contributed by atoms with van der Waals surface area (Å²) < 4.78 is 7.17. The first-order valence-electron chi connectivity index (χ1n) is 47.2. The van der Waals surface area contributed by atoms with E-state index in [2.05, 4.69) is 526 Å². The fourth-order valence-electron chi connectivity index (χ4n) is 21.4. The Morgan fingerprint density at radius 3 is 0.642 bits per heavy atom. The van der Waals surface area contributed by atoms with E-state index < -0.39 is 0 Å². The monoisotopic (exact) mass is 1720 g/mol. The number of aromatic nitrogens is 3. The van der Waals surface area contributed by atoms with Crippen LogP contribution in [0.15, 0.2) is 443 Å². The largest absolute Gasteiger partial charge is 0.309 e. The highest BCUT2D eigenvalue weighted by Crippen LogP contribution is 2.51. The molecule has 0 radical (unpaired) electrons. The van der Waals surface area contributed by atoms with E-state index in [-0.39, 0.29) is 16.2 Å². The van der Waals surface area contributed by atoms with E-state index in [9.17, 15) is 0 Å². The Hall–Kier alpha value is -15.9. The third-order valence-electron chi connectivity index (χ3n) is 28.1. The van der Waals surface area contributed by atoms with E-state index in [1.165, 1.54) is 247 Å². The van der Waals surface area contributed by atoms with Gasteiger partial charge in [0.2, 0.25) is 0 Å². The fourth-order valence-corrected chi connectivity index (χ4v) is 21.4. The number of benzene rings is 22. The normalized spacial score (nSPS) is 12.1. The van der Waals surface area contributed by atoms with E-state index in [4.69, 9.17) is 0 Å². The van der Waals surface area contributed by atoms with Crippen LogP contribution in [0.2, 0.25) is 0 Å². The lowest BCUT2D eigenvalue weighted by molar-refractivity contribution is 0.591. The van der Waals surface area contributed by atoms with Gasteiger partial charge in [0.05, 0.1) is 33.1 Å². The number of para-hydroxylation sites is 6. The molecule has 642 valence electrons. The second-order valence-electron chi connectivity index (χ2n) is 39.5. The molecule has 0 spiro atoms. The van der Waals surface area contributed by atoms with Crippen LogP contribution in [0.4, 0.5) is 0 Å². The van der Waals surface area contributed by atoms with E-state index in [0.29, 0.717) is 0 Å². The first kappa shape index (κ1) is 82.5. The van der Waals surface area contributed by atoms with Gasteiger partial charge in [-0.2, -0.15) is 0 Å². The summed E-state index contributed by atoms with van der Waals surface area (Å²) >= 11 is 0. The Morgan fingerprint density at radius 2 is 0.358 bits per heavy atom. The minimum absolute atomic E-state index is 0.0284. The molecular weight excluding hydrogens is 1620 g/mol. The second-order valence-corrected chi connectivity index (χ2v) is 39.5. The predicted octanol–water partition coefficient (Wildman–Crippen LogP) is 36.6. The topological polar surface area (TPSA) is 14.8 Å². The van der Waals surface area contributed by atoms with Crippen LogP contribution in [0.1, 0.15) is 84.6 Å². The highest BCUT2D eigenvalue weighted by Gasteiger charge is 2.27. The summed E-state index contributed by atoms with van der Waals surface area (Å²) in [6.45, 7) is 22.9. The SMILES string of the molecule is CC(C)(C)c1ccc2c(-c3ccc(-n4c5ccccc5c5ccccc54)cc3)c3ccccc3c(-c3ccccc3)c2c1.CC(C)(C)c1ccc2c(-c3ccc4ccccc4c3)c3ccccc3c(-c3ccc(-n4c5ccccc5c5ccccc54)cc3)c2c1.Cc1ccc(-c2c3ccccc3c(-c3ccc(-n4c5ccccc5c5ccccc54)cc3)c3ccc(C(C)(C)C)cc23)cc1. The van der Waals surface area contributed by atoms with Crippen molar-refractivity contribution in [2.75, 3.05) is 0 Å². The maximum Gasteiger partial charge on any atom is 0.0541 e. The molecule has 0 N–H and O–H groups in total. The molecular formula is C131H103N3. The first-order chi connectivity index (χ1) is 65.3. The van der Waals surface area contributed by atoms with Crippen molar-refractivity contribution >= 4 is 141 Å². The molecule has 3 aromatic heterocycles. The number of nitrogens with zero attached hydrogens (tertiary/aromatic N) is 3. The summed E-state index contributed by atoms with van der Waals surface area (Å²) in [5, 5.41) is 25.7. The van der Waals surface area contributed by atoms with Gasteiger partial charge in [-0.15, -0.1) is 0 Å². The summed E-state index contributed by atoms with van der Waals surface area (Å²) in [6, 6.07) is 163. The fraction of sp³-hybridized carbons (Fsp3) is 0.0992. The van der Waals surface area contributed by atoms with Crippen molar-refractivity contribution in [3.63, 3.8) is 0 Å². The molecule has 0 fully saturated rings. The van der Waals surface area contributed by atoms with Crippen LogP contribution in [-0.2, 0) is 16.2 Å². The van der Waals surface area contributed by atoms with Crippen molar-refractivity contribution in [1.29, 1.82) is 0 Å². The van der Waals surface area contributed by atoms with Gasteiger partial charge in [0.15, 0.2) is 0 Å². The average Bonchev–Trinajstić information content (AvgIpc) is 1.40. The van der Waals surface area contributed by atoms with E-state index in [1.807, 2.05) is 0 Å². The van der Waals surface area contributed by atoms with Gasteiger partial charge in [0, 0.05) is 49.4 Å². The van der Waals surface area contributed by atoms with Crippen LogP contribution in [0.3, 0.4) is 0 Å². The van der Waals surface area contributed by atoms with Crippen LogP contribution < -0.4 is 0 Å². The lowest BCUT2D eigenvalue weighted by Gasteiger charge is -2.23. The summed E-state index contributed by atoms with van der Waals surface area (Å²) in [7, 11) is 0. The first-order valence-corrected chi connectivity index (χ1v) is 47.2. The Balaban J connectivity index is 0.000000114. The molecule has 25 rings (SSSR count). The van der Waals surface area contributed by atoms with E-state index >= 15 is 0 Å². The second kappa shape index (κ2) is 32.9. The van der Waals surface area contributed by atoms with Crippen LogP contribution in [0.5, 0.6) is 0 Å². The lowest BCUT2D eigenvalue weighted by Crippen LogP contribution is -2.10. The molecule has 134 heavy (non-hydrogen) atoms. The summed E-state index contributed by atoms with van der Waals surface area (Å²) in [6.07, 6.45) is 0. The molecule has 0 amide bonds. The van der Waals surface area contributed by atoms with Crippen LogP contribution in [0, 0.1) is 6.92 Å². The number of hydrogen-bond acceptors (Lipinski definition) is 0. The number of fused-ring (bicyclic) bond motifs is 16. The molecule has 0 unspecified atom stereocenters. The van der Waals surface area contributed by atoms with Crippen molar-refractivity contribution < 1.29 is 0 Å². The average molecular weight is 1720 g/mol. The molecule has 0 atom stereocenters. The van der Waals surface area contributed by atoms with Gasteiger partial charge in [-0.05, 0) is 279 Å². The zero-order valence-corrected chi connectivity index (χ0v) is 77.5. The maximum absolute atomic E-state index is 2.45. The van der Waals surface area contributed by atoms with Gasteiger partial charge in [-0.1, -0.05) is 414 Å². The Morgan fingerprint density at radius 1 is 0.149 bits per heavy atom. The minimum atomic E-state index is 0.0284. The molecule has 3 heterocycles. The van der Waals surface area contributed by atoms with Crippen LogP contribution >= 0.6 is 0 Å².